The van der Waals surface area contributed by atoms with E-state index in [4.69, 9.17) is 16.7 Å². The Morgan fingerprint density at radius 1 is 1.69 bits per heavy atom. The van der Waals surface area contributed by atoms with Crippen LogP contribution in [0.25, 0.3) is 0 Å². The van der Waals surface area contributed by atoms with Gasteiger partial charge in [-0.2, -0.15) is 8.78 Å². The van der Waals surface area contributed by atoms with Crippen LogP contribution in [0.2, 0.25) is 0 Å². The predicted molar refractivity (Wildman–Crippen MR) is 46.3 cm³/mol. The van der Waals surface area contributed by atoms with Gasteiger partial charge in [-0.3, -0.25) is 4.99 Å². The topological polar surface area (TPSA) is 41.8 Å². The number of alkyl halides is 2. The van der Waals surface area contributed by atoms with Crippen molar-refractivity contribution >= 4 is 16.8 Å². The number of halogens is 3. The van der Waals surface area contributed by atoms with Crippen LogP contribution in [-0.4, -0.2) is 36.5 Å². The van der Waals surface area contributed by atoms with Crippen molar-refractivity contribution in [2.75, 3.05) is 20.3 Å². The van der Waals surface area contributed by atoms with E-state index in [0.717, 1.165) is 6.26 Å². The van der Waals surface area contributed by atoms with Crippen molar-refractivity contribution in [1.29, 1.82) is 0 Å². The smallest absolute Gasteiger partial charge is 0.292 e. The van der Waals surface area contributed by atoms with Gasteiger partial charge in [-0.1, -0.05) is 11.6 Å². The average Bonchev–Trinajstić information content (AvgIpc) is 2.12. The summed E-state index contributed by atoms with van der Waals surface area (Å²) < 4.78 is 29.1. The number of hydrogen-bond donors (Lipinski definition) is 1. The number of aliphatic hydroxyl groups is 1. The zero-order valence-corrected chi connectivity index (χ0v) is 7.76. The van der Waals surface area contributed by atoms with E-state index in [1.165, 1.54) is 7.05 Å². The van der Waals surface area contributed by atoms with Crippen LogP contribution in [0.1, 0.15) is 0 Å². The minimum Gasteiger partial charge on any atom is -0.494 e. The molecule has 0 saturated carbocycles. The molecule has 0 bridgehead atoms. The predicted octanol–water partition coefficient (Wildman–Crippen LogP) is 1.41. The minimum absolute atomic E-state index is 0.0595. The maximum Gasteiger partial charge on any atom is 0.292 e. The van der Waals surface area contributed by atoms with Crippen LogP contribution < -0.4 is 0 Å². The number of ether oxygens (including phenoxy) is 1. The van der Waals surface area contributed by atoms with E-state index in [1.54, 1.807) is 0 Å². The van der Waals surface area contributed by atoms with Crippen LogP contribution in [0.4, 0.5) is 8.78 Å². The lowest BCUT2D eigenvalue weighted by molar-refractivity contribution is -0.00682. The van der Waals surface area contributed by atoms with Crippen molar-refractivity contribution in [3.63, 3.8) is 0 Å². The Morgan fingerprint density at radius 3 is 2.77 bits per heavy atom. The van der Waals surface area contributed by atoms with Crippen molar-refractivity contribution in [1.82, 2.24) is 0 Å². The molecule has 0 aliphatic carbocycles. The Bertz CT molecular complexity index is 207. The second kappa shape index (κ2) is 5.88. The van der Waals surface area contributed by atoms with Crippen molar-refractivity contribution in [2.45, 2.75) is 5.92 Å². The van der Waals surface area contributed by atoms with E-state index >= 15 is 0 Å². The summed E-state index contributed by atoms with van der Waals surface area (Å²) in [6.07, 6.45) is 1.23. The minimum atomic E-state index is -3.25. The first-order chi connectivity index (χ1) is 6.02. The van der Waals surface area contributed by atoms with E-state index in [0.29, 0.717) is 6.08 Å². The zero-order valence-electron chi connectivity index (χ0n) is 7.01. The van der Waals surface area contributed by atoms with E-state index in [-0.39, 0.29) is 11.8 Å². The summed E-state index contributed by atoms with van der Waals surface area (Å²) in [4.78, 5) is 3.53. The average molecular weight is 214 g/mol. The quantitative estimate of drug-likeness (QED) is 0.554. The summed E-state index contributed by atoms with van der Waals surface area (Å²) in [5.41, 5.74) is 0. The van der Waals surface area contributed by atoms with E-state index in [9.17, 15) is 8.78 Å². The molecule has 0 atom stereocenters. The molecule has 0 aromatic carbocycles. The molecule has 0 fully saturated rings. The molecule has 0 radical (unpaired) electrons. The molecular formula is C7H10ClF2NO2. The highest BCUT2D eigenvalue weighted by Crippen LogP contribution is 2.13. The normalized spacial score (nSPS) is 13.8. The van der Waals surface area contributed by atoms with Gasteiger partial charge in [0.2, 0.25) is 0 Å². The van der Waals surface area contributed by atoms with Crippen LogP contribution in [0.15, 0.2) is 17.3 Å². The molecule has 0 saturated heterocycles. The summed E-state index contributed by atoms with van der Waals surface area (Å²) in [5, 5.41) is 8.32. The number of rotatable bonds is 5. The van der Waals surface area contributed by atoms with Gasteiger partial charge < -0.3 is 9.84 Å². The third-order valence-electron chi connectivity index (χ3n) is 1.06. The fourth-order valence-electron chi connectivity index (χ4n) is 0.382. The Balaban J connectivity index is 3.76. The molecular weight excluding hydrogens is 204 g/mol. The molecule has 13 heavy (non-hydrogen) atoms. The first kappa shape index (κ1) is 12.3. The summed E-state index contributed by atoms with van der Waals surface area (Å²) >= 11 is 5.40. The zero-order chi connectivity index (χ0) is 10.3. The molecule has 0 aliphatic heterocycles. The Morgan fingerprint density at radius 2 is 2.31 bits per heavy atom. The summed E-state index contributed by atoms with van der Waals surface area (Å²) in [6, 6.07) is 0. The van der Waals surface area contributed by atoms with Gasteiger partial charge in [0, 0.05) is 13.1 Å². The van der Waals surface area contributed by atoms with Crippen molar-refractivity contribution in [3.8, 4) is 0 Å². The van der Waals surface area contributed by atoms with Gasteiger partial charge in [0.25, 0.3) is 5.92 Å². The van der Waals surface area contributed by atoms with Crippen LogP contribution in [0.3, 0.4) is 0 Å². The van der Waals surface area contributed by atoms with E-state index in [2.05, 4.69) is 9.73 Å². The molecule has 0 aliphatic rings. The first-order valence-corrected chi connectivity index (χ1v) is 3.79. The maximum absolute atomic E-state index is 12.3. The maximum atomic E-state index is 12.3. The summed E-state index contributed by atoms with van der Waals surface area (Å²) in [5.74, 6) is -3.25. The standard InChI is InChI=1S/C7H10ClF2NO2/c1-11-6(8)4-13-3-2-7(9,10)5-12/h2-3,12H,4-5H2,1H3/b3-2+,11-6?. The van der Waals surface area contributed by atoms with Crippen LogP contribution >= 0.6 is 11.6 Å². The van der Waals surface area contributed by atoms with Crippen LogP contribution in [0.5, 0.6) is 0 Å². The first-order valence-electron chi connectivity index (χ1n) is 3.41. The van der Waals surface area contributed by atoms with Gasteiger partial charge in [-0.05, 0) is 0 Å². The molecule has 0 amide bonds. The second-order valence-corrected chi connectivity index (χ2v) is 2.57. The molecule has 0 aromatic rings. The highest BCUT2D eigenvalue weighted by Gasteiger charge is 2.23. The van der Waals surface area contributed by atoms with Crippen molar-refractivity contribution < 1.29 is 18.6 Å². The Labute approximate surface area is 79.7 Å². The molecule has 0 unspecified atom stereocenters. The molecule has 76 valence electrons. The van der Waals surface area contributed by atoms with Gasteiger partial charge in [0.05, 0.1) is 6.26 Å². The van der Waals surface area contributed by atoms with Gasteiger partial charge in [-0.15, -0.1) is 0 Å². The lowest BCUT2D eigenvalue weighted by Gasteiger charge is -2.06. The Hall–Kier alpha value is -0.680. The molecule has 6 heteroatoms. The molecule has 0 heterocycles. The monoisotopic (exact) mass is 213 g/mol. The lowest BCUT2D eigenvalue weighted by atomic mass is 10.3. The fraction of sp³-hybridized carbons (Fsp3) is 0.571. The third kappa shape index (κ3) is 6.48. The third-order valence-corrected chi connectivity index (χ3v) is 1.34. The fourth-order valence-corrected chi connectivity index (χ4v) is 0.445. The van der Waals surface area contributed by atoms with Crippen molar-refractivity contribution in [2.24, 2.45) is 4.99 Å². The van der Waals surface area contributed by atoms with Gasteiger partial charge in [-0.25, -0.2) is 0 Å². The van der Waals surface area contributed by atoms with Crippen LogP contribution in [-0.2, 0) is 4.74 Å². The largest absolute Gasteiger partial charge is 0.494 e. The van der Waals surface area contributed by atoms with E-state index < -0.39 is 12.5 Å². The number of hydrogen-bond acceptors (Lipinski definition) is 3. The molecule has 0 aromatic heterocycles. The Kier molecular flexibility index (Phi) is 5.57. The molecule has 3 nitrogen and oxygen atoms in total. The van der Waals surface area contributed by atoms with Gasteiger partial charge in [0.15, 0.2) is 0 Å². The second-order valence-electron chi connectivity index (χ2n) is 2.13. The SMILES string of the molecule is CN=C(Cl)CO/C=C/C(F)(F)CO. The highest BCUT2D eigenvalue weighted by molar-refractivity contribution is 6.65. The summed E-state index contributed by atoms with van der Waals surface area (Å²) in [6.45, 7) is -1.31. The van der Waals surface area contributed by atoms with Crippen LogP contribution in [0, 0.1) is 0 Å². The van der Waals surface area contributed by atoms with Gasteiger partial charge in [0.1, 0.15) is 18.4 Å². The number of nitrogens with zero attached hydrogens (tertiary/aromatic N) is 1. The lowest BCUT2D eigenvalue weighted by Crippen LogP contribution is -2.17. The van der Waals surface area contributed by atoms with Gasteiger partial charge >= 0.3 is 0 Å². The number of aliphatic hydroxyl groups excluding tert-OH is 1. The van der Waals surface area contributed by atoms with Crippen molar-refractivity contribution in [3.05, 3.63) is 12.3 Å². The number of aliphatic imine (C=N–C) groups is 1. The summed E-state index contributed by atoms with van der Waals surface area (Å²) in [7, 11) is 1.46. The molecule has 0 spiro atoms. The molecule has 0 rings (SSSR count). The highest BCUT2D eigenvalue weighted by atomic mass is 35.5. The molecule has 1 N–H and O–H groups in total. The van der Waals surface area contributed by atoms with E-state index in [1.807, 2.05) is 0 Å².